The van der Waals surface area contributed by atoms with Crippen LogP contribution in [0.4, 0.5) is 0 Å². The van der Waals surface area contributed by atoms with Gasteiger partial charge in [0.25, 0.3) is 0 Å². The van der Waals surface area contributed by atoms with Crippen LogP contribution in [0.2, 0.25) is 0 Å². The molecule has 1 N–H and O–H groups in total. The van der Waals surface area contributed by atoms with Gasteiger partial charge in [0, 0.05) is 23.1 Å². The van der Waals surface area contributed by atoms with Crippen molar-refractivity contribution in [1.29, 1.82) is 0 Å². The third-order valence-corrected chi connectivity index (χ3v) is 5.64. The van der Waals surface area contributed by atoms with E-state index in [1.165, 1.54) is 11.1 Å². The van der Waals surface area contributed by atoms with Gasteiger partial charge in [-0.3, -0.25) is 4.79 Å². The molecular weight excluding hydrogens is 346 g/mol. The highest BCUT2D eigenvalue weighted by Gasteiger charge is 2.38. The van der Waals surface area contributed by atoms with Gasteiger partial charge in [0.1, 0.15) is 11.5 Å². The Bertz CT molecular complexity index is 833. The summed E-state index contributed by atoms with van der Waals surface area (Å²) >= 11 is 0. The Labute approximate surface area is 169 Å². The number of hydrogen-bond donors (Lipinski definition) is 1. The van der Waals surface area contributed by atoms with Gasteiger partial charge in [0.2, 0.25) is 0 Å². The van der Waals surface area contributed by atoms with Gasteiger partial charge in [-0.2, -0.15) is 0 Å². The largest absolute Gasteiger partial charge is 0.457 e. The summed E-state index contributed by atoms with van der Waals surface area (Å²) in [5.41, 5.74) is 3.35. The Morgan fingerprint density at radius 3 is 2.07 bits per heavy atom. The van der Waals surface area contributed by atoms with Crippen LogP contribution >= 0.6 is 0 Å². The highest BCUT2D eigenvalue weighted by Crippen LogP contribution is 2.35. The fourth-order valence-corrected chi connectivity index (χ4v) is 4.68. The maximum absolute atomic E-state index is 12.8. The number of benzene rings is 2. The van der Waals surface area contributed by atoms with E-state index >= 15 is 0 Å². The van der Waals surface area contributed by atoms with E-state index < -0.39 is 0 Å². The topological polar surface area (TPSA) is 38.3 Å². The first-order valence-electron chi connectivity index (χ1n) is 10.2. The molecule has 0 amide bonds. The fraction of sp³-hybridized carbons (Fsp3) is 0.480. The van der Waals surface area contributed by atoms with Crippen molar-refractivity contribution in [2.24, 2.45) is 5.92 Å². The summed E-state index contributed by atoms with van der Waals surface area (Å²) in [5.74, 6) is 2.20. The van der Waals surface area contributed by atoms with E-state index in [0.29, 0.717) is 12.3 Å². The summed E-state index contributed by atoms with van der Waals surface area (Å²) in [6.07, 6.45) is 2.65. The van der Waals surface area contributed by atoms with Crippen LogP contribution in [-0.2, 0) is 0 Å². The van der Waals surface area contributed by atoms with Gasteiger partial charge in [-0.05, 0) is 108 Å². The Hall–Kier alpha value is -2.13. The van der Waals surface area contributed by atoms with E-state index in [0.717, 1.165) is 29.9 Å². The molecule has 1 fully saturated rings. The lowest BCUT2D eigenvalue weighted by Gasteiger charge is -2.46. The minimum atomic E-state index is 0.0660. The summed E-state index contributed by atoms with van der Waals surface area (Å²) < 4.78 is 5.93. The number of carbonyl (C=O) groups excluding carboxylic acids is 1. The minimum absolute atomic E-state index is 0.0660. The molecule has 0 bridgehead atoms. The van der Waals surface area contributed by atoms with Crippen LogP contribution in [0.15, 0.2) is 42.5 Å². The second-order valence-electron chi connectivity index (χ2n) is 9.67. The van der Waals surface area contributed by atoms with E-state index in [1.807, 2.05) is 36.4 Å². The van der Waals surface area contributed by atoms with Gasteiger partial charge in [-0.1, -0.05) is 6.07 Å². The van der Waals surface area contributed by atoms with Crippen molar-refractivity contribution < 1.29 is 9.53 Å². The molecule has 2 aromatic carbocycles. The fourth-order valence-electron chi connectivity index (χ4n) is 4.68. The lowest BCUT2D eigenvalue weighted by Crippen LogP contribution is -2.57. The molecule has 1 aliphatic heterocycles. The molecule has 1 saturated heterocycles. The molecule has 3 nitrogen and oxygen atoms in total. The van der Waals surface area contributed by atoms with E-state index in [-0.39, 0.29) is 16.9 Å². The molecule has 0 aromatic heterocycles. The molecule has 2 aromatic rings. The number of aryl methyl sites for hydroxylation is 2. The smallest absolute Gasteiger partial charge is 0.163 e. The zero-order valence-electron chi connectivity index (χ0n) is 18.1. The van der Waals surface area contributed by atoms with Crippen LogP contribution in [0, 0.1) is 19.8 Å². The second-order valence-corrected chi connectivity index (χ2v) is 9.67. The molecule has 3 heteroatoms. The highest BCUT2D eigenvalue weighted by atomic mass is 16.5. The molecule has 0 unspecified atom stereocenters. The van der Waals surface area contributed by atoms with Gasteiger partial charge in [0.05, 0.1) is 0 Å². The van der Waals surface area contributed by atoms with Crippen molar-refractivity contribution in [3.8, 4) is 11.5 Å². The lowest BCUT2D eigenvalue weighted by atomic mass is 9.74. The molecule has 1 aliphatic rings. The Kier molecular flexibility index (Phi) is 5.67. The standard InChI is InChI=1S/C25H33NO2/c1-17-7-10-22(13-18(17)2)28-21-11-8-20(9-12-21)23(27)14-19-15-24(3,4)26-25(5,6)16-19/h7-13,19,26H,14-16H2,1-6H3. The van der Waals surface area contributed by atoms with Crippen molar-refractivity contribution in [1.82, 2.24) is 5.32 Å². The number of ether oxygens (including phenoxy) is 1. The maximum atomic E-state index is 12.8. The molecule has 1 heterocycles. The highest BCUT2D eigenvalue weighted by molar-refractivity contribution is 5.96. The van der Waals surface area contributed by atoms with Gasteiger partial charge < -0.3 is 10.1 Å². The molecule has 0 spiro atoms. The second kappa shape index (κ2) is 7.71. The van der Waals surface area contributed by atoms with Crippen molar-refractivity contribution in [3.05, 3.63) is 59.2 Å². The molecule has 0 saturated carbocycles. The number of rotatable bonds is 5. The number of carbonyl (C=O) groups is 1. The average molecular weight is 380 g/mol. The van der Waals surface area contributed by atoms with E-state index in [4.69, 9.17) is 4.74 Å². The number of ketones is 1. The third kappa shape index (κ3) is 5.23. The minimum Gasteiger partial charge on any atom is -0.457 e. The van der Waals surface area contributed by atoms with Gasteiger partial charge in [-0.25, -0.2) is 0 Å². The predicted molar refractivity (Wildman–Crippen MR) is 115 cm³/mol. The third-order valence-electron chi connectivity index (χ3n) is 5.64. The first-order chi connectivity index (χ1) is 13.0. The monoisotopic (exact) mass is 379 g/mol. The zero-order chi connectivity index (χ0) is 20.5. The quantitative estimate of drug-likeness (QED) is 0.626. The molecule has 3 rings (SSSR count). The maximum Gasteiger partial charge on any atom is 0.163 e. The van der Waals surface area contributed by atoms with E-state index in [2.05, 4.69) is 52.9 Å². The summed E-state index contributed by atoms with van der Waals surface area (Å²) in [7, 11) is 0. The van der Waals surface area contributed by atoms with Crippen molar-refractivity contribution >= 4 is 5.78 Å². The molecule has 150 valence electrons. The Morgan fingerprint density at radius 2 is 1.50 bits per heavy atom. The number of nitrogens with one attached hydrogen (secondary N) is 1. The average Bonchev–Trinajstić information content (AvgIpc) is 2.56. The molecule has 28 heavy (non-hydrogen) atoms. The first-order valence-corrected chi connectivity index (χ1v) is 10.2. The van der Waals surface area contributed by atoms with Crippen LogP contribution in [0.25, 0.3) is 0 Å². The molecular formula is C25H33NO2. The normalized spacial score (nSPS) is 18.6. The molecule has 0 atom stereocenters. The molecule has 0 aliphatic carbocycles. The van der Waals surface area contributed by atoms with Crippen molar-refractivity contribution in [3.63, 3.8) is 0 Å². The summed E-state index contributed by atoms with van der Waals surface area (Å²) in [6, 6.07) is 13.6. The Balaban J connectivity index is 1.64. The van der Waals surface area contributed by atoms with Gasteiger partial charge in [-0.15, -0.1) is 0 Å². The lowest BCUT2D eigenvalue weighted by molar-refractivity contribution is 0.0864. The SMILES string of the molecule is Cc1ccc(Oc2ccc(C(=O)CC3CC(C)(C)NC(C)(C)C3)cc2)cc1C. The van der Waals surface area contributed by atoms with E-state index in [1.54, 1.807) is 0 Å². The van der Waals surface area contributed by atoms with Gasteiger partial charge in [0.15, 0.2) is 5.78 Å². The van der Waals surface area contributed by atoms with Crippen LogP contribution < -0.4 is 10.1 Å². The van der Waals surface area contributed by atoms with Crippen LogP contribution in [-0.4, -0.2) is 16.9 Å². The van der Waals surface area contributed by atoms with E-state index in [9.17, 15) is 4.79 Å². The number of Topliss-reactive ketones (excluding diaryl/α,β-unsaturated/α-hetero) is 1. The number of piperidine rings is 1. The summed E-state index contributed by atoms with van der Waals surface area (Å²) in [6.45, 7) is 13.1. The first kappa shape index (κ1) is 20.6. The van der Waals surface area contributed by atoms with Crippen LogP contribution in [0.5, 0.6) is 11.5 Å². The molecule has 0 radical (unpaired) electrons. The summed E-state index contributed by atoms with van der Waals surface area (Å²) in [4.78, 5) is 12.8. The summed E-state index contributed by atoms with van der Waals surface area (Å²) in [5, 5.41) is 3.69. The zero-order valence-corrected chi connectivity index (χ0v) is 18.1. The van der Waals surface area contributed by atoms with Gasteiger partial charge >= 0.3 is 0 Å². The Morgan fingerprint density at radius 1 is 0.929 bits per heavy atom. The van der Waals surface area contributed by atoms with Crippen LogP contribution in [0.3, 0.4) is 0 Å². The number of hydrogen-bond acceptors (Lipinski definition) is 3. The van der Waals surface area contributed by atoms with Crippen LogP contribution in [0.1, 0.15) is 68.4 Å². The predicted octanol–water partition coefficient (Wildman–Crippen LogP) is 6.23. The van der Waals surface area contributed by atoms with Crippen molar-refractivity contribution in [2.75, 3.05) is 0 Å². The van der Waals surface area contributed by atoms with Crippen molar-refractivity contribution in [2.45, 2.75) is 71.9 Å².